The lowest BCUT2D eigenvalue weighted by molar-refractivity contribution is 0.0895. The zero-order chi connectivity index (χ0) is 13.1. The van der Waals surface area contributed by atoms with E-state index >= 15 is 0 Å². The van der Waals surface area contributed by atoms with Gasteiger partial charge in [-0.25, -0.2) is 0 Å². The highest BCUT2D eigenvalue weighted by atomic mass is 15.3. The maximum Gasteiger partial charge on any atom is 0.0490 e. The molecule has 2 rings (SSSR count). The van der Waals surface area contributed by atoms with Gasteiger partial charge in [0.2, 0.25) is 0 Å². The number of piperazine rings is 1. The molecule has 0 radical (unpaired) electrons. The van der Waals surface area contributed by atoms with Crippen LogP contribution in [0.25, 0.3) is 0 Å². The molecule has 0 saturated carbocycles. The Hall–Kier alpha value is -0.900. The first-order chi connectivity index (χ1) is 8.63. The maximum absolute atomic E-state index is 3.51. The Labute approximate surface area is 111 Å². The van der Waals surface area contributed by atoms with E-state index < -0.39 is 0 Å². The van der Waals surface area contributed by atoms with Gasteiger partial charge in [-0.1, -0.05) is 24.3 Å². The van der Waals surface area contributed by atoms with Crippen molar-refractivity contribution in [3.05, 3.63) is 35.4 Å². The summed E-state index contributed by atoms with van der Waals surface area (Å²) < 4.78 is 0. The maximum atomic E-state index is 3.51. The predicted octanol–water partition coefficient (Wildman–Crippen LogP) is 1.50. The van der Waals surface area contributed by atoms with Crippen molar-refractivity contribution < 1.29 is 0 Å². The molecule has 2 atom stereocenters. The van der Waals surface area contributed by atoms with Crippen molar-refractivity contribution in [3.63, 3.8) is 0 Å². The van der Waals surface area contributed by atoms with E-state index in [-0.39, 0.29) is 0 Å². The highest BCUT2D eigenvalue weighted by molar-refractivity contribution is 5.30. The standard InChI is InChI=1S/C15H25N3/c1-12-7-5-6-8-13(12)15(16-2)14-11-17(3)9-10-18(14)4/h5-8,14-16H,9-11H2,1-4H3. The second-order valence-corrected chi connectivity index (χ2v) is 5.43. The highest BCUT2D eigenvalue weighted by Gasteiger charge is 2.30. The van der Waals surface area contributed by atoms with Gasteiger partial charge in [-0.05, 0) is 39.2 Å². The van der Waals surface area contributed by atoms with Gasteiger partial charge in [-0.2, -0.15) is 0 Å². The topological polar surface area (TPSA) is 18.5 Å². The van der Waals surface area contributed by atoms with Crippen LogP contribution >= 0.6 is 0 Å². The molecule has 1 N–H and O–H groups in total. The summed E-state index contributed by atoms with van der Waals surface area (Å²) in [5, 5.41) is 3.51. The molecule has 1 aromatic carbocycles. The van der Waals surface area contributed by atoms with Crippen LogP contribution in [0.2, 0.25) is 0 Å². The predicted molar refractivity (Wildman–Crippen MR) is 76.9 cm³/mol. The summed E-state index contributed by atoms with van der Waals surface area (Å²) in [5.41, 5.74) is 2.80. The SMILES string of the molecule is CNC(c1ccccc1C)C1CN(C)CCN1C. The van der Waals surface area contributed by atoms with E-state index in [1.807, 2.05) is 0 Å². The minimum atomic E-state index is 0.402. The summed E-state index contributed by atoms with van der Waals surface area (Å²) in [6.07, 6.45) is 0. The number of rotatable bonds is 3. The molecule has 1 aliphatic rings. The Balaban J connectivity index is 2.25. The van der Waals surface area contributed by atoms with Crippen LogP contribution < -0.4 is 5.32 Å². The van der Waals surface area contributed by atoms with Crippen molar-refractivity contribution in [1.29, 1.82) is 0 Å². The lowest BCUT2D eigenvalue weighted by Crippen LogP contribution is -2.54. The Morgan fingerprint density at radius 3 is 2.61 bits per heavy atom. The first-order valence-electron chi connectivity index (χ1n) is 6.75. The molecule has 100 valence electrons. The lowest BCUT2D eigenvalue weighted by Gasteiger charge is -2.42. The molecule has 0 amide bonds. The quantitative estimate of drug-likeness (QED) is 0.873. The molecule has 0 bridgehead atoms. The van der Waals surface area contributed by atoms with E-state index in [0.29, 0.717) is 12.1 Å². The summed E-state index contributed by atoms with van der Waals surface area (Å²) in [5.74, 6) is 0. The van der Waals surface area contributed by atoms with E-state index in [1.54, 1.807) is 0 Å². The van der Waals surface area contributed by atoms with Gasteiger partial charge in [-0.15, -0.1) is 0 Å². The van der Waals surface area contributed by atoms with Crippen molar-refractivity contribution in [3.8, 4) is 0 Å². The van der Waals surface area contributed by atoms with Gasteiger partial charge in [0, 0.05) is 31.7 Å². The zero-order valence-corrected chi connectivity index (χ0v) is 12.0. The van der Waals surface area contributed by atoms with E-state index in [0.717, 1.165) is 19.6 Å². The zero-order valence-electron chi connectivity index (χ0n) is 12.0. The van der Waals surface area contributed by atoms with Crippen LogP contribution in [0.3, 0.4) is 0 Å². The Bertz CT molecular complexity index is 391. The number of hydrogen-bond donors (Lipinski definition) is 1. The molecule has 18 heavy (non-hydrogen) atoms. The smallest absolute Gasteiger partial charge is 0.0490 e. The second-order valence-electron chi connectivity index (χ2n) is 5.43. The van der Waals surface area contributed by atoms with Gasteiger partial charge >= 0.3 is 0 Å². The number of nitrogens with one attached hydrogen (secondary N) is 1. The van der Waals surface area contributed by atoms with Crippen LogP contribution in [0.5, 0.6) is 0 Å². The van der Waals surface area contributed by atoms with Gasteiger partial charge in [0.05, 0.1) is 0 Å². The molecule has 1 saturated heterocycles. The number of hydrogen-bond acceptors (Lipinski definition) is 3. The monoisotopic (exact) mass is 247 g/mol. The molecule has 1 aromatic rings. The molecule has 1 aliphatic heterocycles. The third-order valence-electron chi connectivity index (χ3n) is 4.12. The average molecular weight is 247 g/mol. The molecular weight excluding hydrogens is 222 g/mol. The van der Waals surface area contributed by atoms with Crippen molar-refractivity contribution in [2.24, 2.45) is 0 Å². The number of aryl methyl sites for hydroxylation is 1. The third-order valence-corrected chi connectivity index (χ3v) is 4.12. The van der Waals surface area contributed by atoms with Crippen molar-refractivity contribution in [2.75, 3.05) is 40.8 Å². The van der Waals surface area contributed by atoms with Crippen molar-refractivity contribution in [2.45, 2.75) is 19.0 Å². The first-order valence-corrected chi connectivity index (χ1v) is 6.75. The Morgan fingerprint density at radius 1 is 1.22 bits per heavy atom. The van der Waals surface area contributed by atoms with E-state index in [9.17, 15) is 0 Å². The van der Waals surface area contributed by atoms with E-state index in [4.69, 9.17) is 0 Å². The molecule has 0 aromatic heterocycles. The van der Waals surface area contributed by atoms with Gasteiger partial charge in [-0.3, -0.25) is 4.90 Å². The minimum Gasteiger partial charge on any atom is -0.312 e. The van der Waals surface area contributed by atoms with E-state index in [2.05, 4.69) is 67.4 Å². The third kappa shape index (κ3) is 2.74. The molecule has 3 heteroatoms. The number of nitrogens with zero attached hydrogens (tertiary/aromatic N) is 2. The highest BCUT2D eigenvalue weighted by Crippen LogP contribution is 2.25. The second kappa shape index (κ2) is 5.83. The van der Waals surface area contributed by atoms with Crippen LogP contribution in [-0.4, -0.2) is 56.6 Å². The summed E-state index contributed by atoms with van der Waals surface area (Å²) >= 11 is 0. The number of benzene rings is 1. The van der Waals surface area contributed by atoms with Gasteiger partial charge in [0.25, 0.3) is 0 Å². The van der Waals surface area contributed by atoms with Crippen LogP contribution in [0.15, 0.2) is 24.3 Å². The van der Waals surface area contributed by atoms with Crippen LogP contribution in [0.1, 0.15) is 17.2 Å². The normalized spacial score (nSPS) is 24.1. The van der Waals surface area contributed by atoms with Crippen molar-refractivity contribution >= 4 is 0 Å². The summed E-state index contributed by atoms with van der Waals surface area (Å²) in [7, 11) is 6.52. The summed E-state index contributed by atoms with van der Waals surface area (Å²) in [4.78, 5) is 4.90. The van der Waals surface area contributed by atoms with Crippen molar-refractivity contribution in [1.82, 2.24) is 15.1 Å². The summed E-state index contributed by atoms with van der Waals surface area (Å²) in [6, 6.07) is 9.64. The molecule has 0 spiro atoms. The lowest BCUT2D eigenvalue weighted by atomic mass is 9.93. The average Bonchev–Trinajstić information content (AvgIpc) is 2.36. The van der Waals surface area contributed by atoms with Gasteiger partial charge in [0.15, 0.2) is 0 Å². The fraction of sp³-hybridized carbons (Fsp3) is 0.600. The Morgan fingerprint density at radius 2 is 1.94 bits per heavy atom. The van der Waals surface area contributed by atoms with Crippen LogP contribution in [0.4, 0.5) is 0 Å². The van der Waals surface area contributed by atoms with Gasteiger partial charge < -0.3 is 10.2 Å². The number of likely N-dealkylation sites (N-methyl/N-ethyl adjacent to an activating group) is 3. The molecular formula is C15H25N3. The molecule has 1 fully saturated rings. The molecule has 2 unspecified atom stereocenters. The minimum absolute atomic E-state index is 0.402. The molecule has 1 heterocycles. The van der Waals surface area contributed by atoms with Gasteiger partial charge in [0.1, 0.15) is 0 Å². The van der Waals surface area contributed by atoms with Crippen LogP contribution in [0, 0.1) is 6.92 Å². The van der Waals surface area contributed by atoms with Crippen LogP contribution in [-0.2, 0) is 0 Å². The summed E-state index contributed by atoms with van der Waals surface area (Å²) in [6.45, 7) is 5.63. The Kier molecular flexibility index (Phi) is 4.38. The molecule has 0 aliphatic carbocycles. The fourth-order valence-corrected chi connectivity index (χ4v) is 2.90. The fourth-order valence-electron chi connectivity index (χ4n) is 2.90. The molecule has 3 nitrogen and oxygen atoms in total. The first kappa shape index (κ1) is 13.5. The van der Waals surface area contributed by atoms with E-state index in [1.165, 1.54) is 11.1 Å². The largest absolute Gasteiger partial charge is 0.312 e.